The van der Waals surface area contributed by atoms with Crippen molar-refractivity contribution in [3.05, 3.63) is 65.3 Å². The second kappa shape index (κ2) is 6.49. The maximum atomic E-state index is 12.1. The number of anilines is 1. The van der Waals surface area contributed by atoms with Gasteiger partial charge in [0.25, 0.3) is 5.91 Å². The minimum atomic E-state index is -0.157. The minimum absolute atomic E-state index is 0.157. The van der Waals surface area contributed by atoms with Crippen LogP contribution >= 0.6 is 11.3 Å². The molecule has 0 radical (unpaired) electrons. The predicted molar refractivity (Wildman–Crippen MR) is 89.1 cm³/mol. The number of hydrogen-bond acceptors (Lipinski definition) is 4. The number of carbonyl (C=O) groups is 1. The summed E-state index contributed by atoms with van der Waals surface area (Å²) in [4.78, 5) is 20.6. The van der Waals surface area contributed by atoms with Gasteiger partial charge >= 0.3 is 0 Å². The van der Waals surface area contributed by atoms with Gasteiger partial charge in [0.15, 0.2) is 5.13 Å². The largest absolute Gasteiger partial charge is 0.298 e. The standard InChI is InChI=1S/C17H15N3OS/c1-2-12-3-8-15(19-11-12)13-4-6-14(7-5-13)16(21)20-17-18-9-10-22-17/h3-11H,2H2,1H3,(H,18,20,21). The highest BCUT2D eigenvalue weighted by molar-refractivity contribution is 7.13. The Morgan fingerprint density at radius 3 is 2.55 bits per heavy atom. The summed E-state index contributed by atoms with van der Waals surface area (Å²) in [6, 6.07) is 11.5. The van der Waals surface area contributed by atoms with Crippen molar-refractivity contribution in [1.82, 2.24) is 9.97 Å². The molecule has 0 fully saturated rings. The van der Waals surface area contributed by atoms with E-state index in [1.807, 2.05) is 29.8 Å². The molecule has 2 aromatic heterocycles. The van der Waals surface area contributed by atoms with E-state index in [4.69, 9.17) is 0 Å². The molecule has 4 nitrogen and oxygen atoms in total. The van der Waals surface area contributed by atoms with Crippen LogP contribution in [-0.4, -0.2) is 15.9 Å². The van der Waals surface area contributed by atoms with Crippen molar-refractivity contribution in [3.63, 3.8) is 0 Å². The number of benzene rings is 1. The third-order valence-electron chi connectivity index (χ3n) is 3.33. The normalized spacial score (nSPS) is 10.4. The molecule has 0 aliphatic rings. The maximum absolute atomic E-state index is 12.1. The van der Waals surface area contributed by atoms with Crippen LogP contribution in [0.4, 0.5) is 5.13 Å². The van der Waals surface area contributed by atoms with E-state index >= 15 is 0 Å². The summed E-state index contributed by atoms with van der Waals surface area (Å²) in [5.41, 5.74) is 3.71. The molecular formula is C17H15N3OS. The Labute approximate surface area is 132 Å². The lowest BCUT2D eigenvalue weighted by molar-refractivity contribution is 0.102. The number of amides is 1. The molecule has 0 unspecified atom stereocenters. The third kappa shape index (κ3) is 3.20. The average Bonchev–Trinajstić information content (AvgIpc) is 3.08. The van der Waals surface area contributed by atoms with Crippen LogP contribution in [0.5, 0.6) is 0 Å². The van der Waals surface area contributed by atoms with Gasteiger partial charge in [-0.3, -0.25) is 15.1 Å². The van der Waals surface area contributed by atoms with Crippen molar-refractivity contribution >= 4 is 22.4 Å². The van der Waals surface area contributed by atoms with E-state index in [0.717, 1.165) is 17.7 Å². The van der Waals surface area contributed by atoms with Crippen molar-refractivity contribution in [3.8, 4) is 11.3 Å². The number of nitrogens with one attached hydrogen (secondary N) is 1. The van der Waals surface area contributed by atoms with E-state index in [2.05, 4.69) is 28.3 Å². The molecule has 5 heteroatoms. The zero-order valence-corrected chi connectivity index (χ0v) is 12.9. The Kier molecular flexibility index (Phi) is 4.25. The van der Waals surface area contributed by atoms with Crippen molar-refractivity contribution in [2.45, 2.75) is 13.3 Å². The highest BCUT2D eigenvalue weighted by Crippen LogP contribution is 2.19. The van der Waals surface area contributed by atoms with Crippen LogP contribution in [0.25, 0.3) is 11.3 Å². The average molecular weight is 309 g/mol. The molecule has 1 aromatic carbocycles. The number of aromatic nitrogens is 2. The summed E-state index contributed by atoms with van der Waals surface area (Å²) in [6.45, 7) is 2.10. The van der Waals surface area contributed by atoms with Gasteiger partial charge < -0.3 is 0 Å². The molecule has 3 aromatic rings. The first-order valence-electron chi connectivity index (χ1n) is 7.02. The van der Waals surface area contributed by atoms with Crippen LogP contribution in [0.15, 0.2) is 54.2 Å². The zero-order chi connectivity index (χ0) is 15.4. The number of carbonyl (C=O) groups excluding carboxylic acids is 1. The van der Waals surface area contributed by atoms with Crippen molar-refractivity contribution < 1.29 is 4.79 Å². The van der Waals surface area contributed by atoms with Crippen LogP contribution in [-0.2, 0) is 6.42 Å². The Morgan fingerprint density at radius 1 is 1.14 bits per heavy atom. The Bertz CT molecular complexity index is 750. The van der Waals surface area contributed by atoms with E-state index in [1.54, 1.807) is 18.3 Å². The fourth-order valence-corrected chi connectivity index (χ4v) is 2.58. The summed E-state index contributed by atoms with van der Waals surface area (Å²) < 4.78 is 0. The minimum Gasteiger partial charge on any atom is -0.298 e. The lowest BCUT2D eigenvalue weighted by Gasteiger charge is -2.05. The van der Waals surface area contributed by atoms with E-state index in [1.165, 1.54) is 16.9 Å². The lowest BCUT2D eigenvalue weighted by atomic mass is 10.1. The van der Waals surface area contributed by atoms with Crippen LogP contribution in [0.2, 0.25) is 0 Å². The Hall–Kier alpha value is -2.53. The fraction of sp³-hybridized carbons (Fsp3) is 0.118. The van der Waals surface area contributed by atoms with Gasteiger partial charge in [0, 0.05) is 28.9 Å². The monoisotopic (exact) mass is 309 g/mol. The first-order valence-corrected chi connectivity index (χ1v) is 7.90. The van der Waals surface area contributed by atoms with Crippen LogP contribution < -0.4 is 5.32 Å². The first kappa shape index (κ1) is 14.4. The van der Waals surface area contributed by atoms with E-state index in [-0.39, 0.29) is 5.91 Å². The summed E-state index contributed by atoms with van der Waals surface area (Å²) >= 11 is 1.40. The number of rotatable bonds is 4. The summed E-state index contributed by atoms with van der Waals surface area (Å²) in [5.74, 6) is -0.157. The molecule has 1 amide bonds. The zero-order valence-electron chi connectivity index (χ0n) is 12.1. The van der Waals surface area contributed by atoms with Gasteiger partial charge in [0.1, 0.15) is 0 Å². The summed E-state index contributed by atoms with van der Waals surface area (Å²) in [7, 11) is 0. The molecule has 0 bridgehead atoms. The number of thiazole rings is 1. The van der Waals surface area contributed by atoms with Gasteiger partial charge in [0.05, 0.1) is 5.69 Å². The Morgan fingerprint density at radius 2 is 1.95 bits per heavy atom. The molecule has 22 heavy (non-hydrogen) atoms. The topological polar surface area (TPSA) is 54.9 Å². The smallest absolute Gasteiger partial charge is 0.257 e. The van der Waals surface area contributed by atoms with Gasteiger partial charge in [-0.15, -0.1) is 11.3 Å². The number of nitrogens with zero attached hydrogens (tertiary/aromatic N) is 2. The lowest BCUT2D eigenvalue weighted by Crippen LogP contribution is -2.11. The van der Waals surface area contributed by atoms with E-state index in [9.17, 15) is 4.79 Å². The molecule has 3 rings (SSSR count). The third-order valence-corrected chi connectivity index (χ3v) is 4.02. The molecule has 110 valence electrons. The van der Waals surface area contributed by atoms with Crippen LogP contribution in [0, 0.1) is 0 Å². The van der Waals surface area contributed by atoms with Crippen molar-refractivity contribution in [2.24, 2.45) is 0 Å². The van der Waals surface area contributed by atoms with Gasteiger partial charge in [-0.25, -0.2) is 4.98 Å². The molecule has 0 saturated heterocycles. The van der Waals surface area contributed by atoms with Gasteiger partial charge in [-0.2, -0.15) is 0 Å². The van der Waals surface area contributed by atoms with Gasteiger partial charge in [-0.05, 0) is 30.2 Å². The molecule has 0 aliphatic heterocycles. The van der Waals surface area contributed by atoms with Crippen molar-refractivity contribution in [1.29, 1.82) is 0 Å². The van der Waals surface area contributed by atoms with E-state index < -0.39 is 0 Å². The fourth-order valence-electron chi connectivity index (χ4n) is 2.05. The molecule has 0 aliphatic carbocycles. The van der Waals surface area contributed by atoms with Gasteiger partial charge in [0.2, 0.25) is 0 Å². The predicted octanol–water partition coefficient (Wildman–Crippen LogP) is 4.02. The second-order valence-electron chi connectivity index (χ2n) is 4.77. The highest BCUT2D eigenvalue weighted by atomic mass is 32.1. The van der Waals surface area contributed by atoms with Crippen molar-refractivity contribution in [2.75, 3.05) is 5.32 Å². The second-order valence-corrected chi connectivity index (χ2v) is 5.67. The number of aryl methyl sites for hydroxylation is 1. The molecule has 0 saturated carbocycles. The maximum Gasteiger partial charge on any atom is 0.257 e. The molecule has 1 N–H and O–H groups in total. The summed E-state index contributed by atoms with van der Waals surface area (Å²) in [5, 5.41) is 5.19. The van der Waals surface area contributed by atoms with Gasteiger partial charge in [-0.1, -0.05) is 25.1 Å². The highest BCUT2D eigenvalue weighted by Gasteiger charge is 2.08. The Balaban J connectivity index is 1.75. The molecule has 0 spiro atoms. The van der Waals surface area contributed by atoms with Crippen LogP contribution in [0.3, 0.4) is 0 Å². The van der Waals surface area contributed by atoms with Crippen LogP contribution in [0.1, 0.15) is 22.8 Å². The number of hydrogen-bond donors (Lipinski definition) is 1. The molecule has 0 atom stereocenters. The molecule has 2 heterocycles. The van der Waals surface area contributed by atoms with E-state index in [0.29, 0.717) is 10.7 Å². The first-order chi connectivity index (χ1) is 10.8. The SMILES string of the molecule is CCc1ccc(-c2ccc(C(=O)Nc3nccs3)cc2)nc1. The molecular weight excluding hydrogens is 294 g/mol. The number of pyridine rings is 1. The quantitative estimate of drug-likeness (QED) is 0.792. The summed E-state index contributed by atoms with van der Waals surface area (Å²) in [6.07, 6.45) is 4.52.